The Kier molecular flexibility index (Phi) is 20.6. The van der Waals surface area contributed by atoms with Crippen molar-refractivity contribution in [3.63, 3.8) is 0 Å². The van der Waals surface area contributed by atoms with Gasteiger partial charge in [0.2, 0.25) is 32.3 Å². The van der Waals surface area contributed by atoms with Gasteiger partial charge in [-0.05, 0) is 36.8 Å². The van der Waals surface area contributed by atoms with Crippen LogP contribution in [0.3, 0.4) is 0 Å². The highest BCUT2D eigenvalue weighted by Gasteiger charge is 2.39. The van der Waals surface area contributed by atoms with Gasteiger partial charge in [0.15, 0.2) is 5.01 Å². The lowest BCUT2D eigenvalue weighted by atomic mass is 10.1. The van der Waals surface area contributed by atoms with E-state index in [1.54, 1.807) is 13.0 Å². The summed E-state index contributed by atoms with van der Waals surface area (Å²) in [4.78, 5) is 124. The van der Waals surface area contributed by atoms with Gasteiger partial charge < -0.3 is 61.6 Å². The number of aromatic nitrogens is 2. The minimum Gasteiger partial charge on any atom is -0.488 e. The van der Waals surface area contributed by atoms with Crippen LogP contribution in [0.4, 0.5) is 29.7 Å². The molecule has 0 fully saturated rings. The molecule has 2 aromatic heterocycles. The monoisotopic (exact) mass is 1040 g/mol. The number of nitrogens with zero attached hydrogens (tertiary/aromatic N) is 4. The topological polar surface area (TPSA) is 320 Å². The maximum atomic E-state index is 13.3. The molecule has 4 rings (SSSR count). The van der Waals surface area contributed by atoms with E-state index in [1.807, 2.05) is 0 Å². The van der Waals surface area contributed by atoms with E-state index in [9.17, 15) is 61.1 Å². The van der Waals surface area contributed by atoms with Crippen LogP contribution in [0.25, 0.3) is 21.5 Å². The number of benzene rings is 2. The number of nitrogens with one attached hydrogen (secondary N) is 1. The molecule has 0 aliphatic carbocycles. The first kappa shape index (κ1) is 56.0. The zero-order valence-corrected chi connectivity index (χ0v) is 39.3. The predicted octanol–water partition coefficient (Wildman–Crippen LogP) is 2.45. The van der Waals surface area contributed by atoms with Gasteiger partial charge in [-0.3, -0.25) is 48.5 Å². The largest absolute Gasteiger partial charge is 0.488 e. The third-order valence-electron chi connectivity index (χ3n) is 8.55. The number of esters is 8. The van der Waals surface area contributed by atoms with Crippen LogP contribution >= 0.6 is 11.3 Å². The summed E-state index contributed by atoms with van der Waals surface area (Å²) in [6.07, 6.45) is -5.27. The van der Waals surface area contributed by atoms with E-state index in [0.29, 0.717) is 16.9 Å². The van der Waals surface area contributed by atoms with Gasteiger partial charge in [-0.2, -0.15) is 13.2 Å². The minimum absolute atomic E-state index is 0.0490. The Labute approximate surface area is 407 Å². The van der Waals surface area contributed by atoms with Gasteiger partial charge >= 0.3 is 65.5 Å². The third-order valence-corrected chi connectivity index (χ3v) is 9.42. The smallest absolute Gasteiger partial charge is 0.471 e. The highest BCUT2D eigenvalue weighted by molar-refractivity contribution is 7.18. The van der Waals surface area contributed by atoms with Crippen LogP contribution in [0.1, 0.15) is 33.3 Å². The lowest BCUT2D eigenvalue weighted by Gasteiger charge is -2.26. The second-order valence-electron chi connectivity index (χ2n) is 14.1. The number of hydrogen-bond acceptors (Lipinski definition) is 26. The molecule has 1 amide bonds. The molecule has 4 aromatic rings. The molecule has 2 heterocycles. The predicted molar refractivity (Wildman–Crippen MR) is 234 cm³/mol. The Hall–Kier alpha value is -8.57. The molecule has 2 aromatic carbocycles. The maximum Gasteiger partial charge on any atom is 0.471 e. The van der Waals surface area contributed by atoms with E-state index in [-0.39, 0.29) is 51.0 Å². The fourth-order valence-electron chi connectivity index (χ4n) is 5.47. The highest BCUT2D eigenvalue weighted by Crippen LogP contribution is 2.36. The quantitative estimate of drug-likeness (QED) is 0.0327. The average molecular weight is 1040 g/mol. The van der Waals surface area contributed by atoms with Crippen LogP contribution in [0, 0.1) is 6.92 Å². The summed E-state index contributed by atoms with van der Waals surface area (Å²) >= 11 is 0.403. The van der Waals surface area contributed by atoms with Gasteiger partial charge in [0.25, 0.3) is 0 Å². The first-order valence-corrected chi connectivity index (χ1v) is 21.2. The summed E-state index contributed by atoms with van der Waals surface area (Å²) in [6, 6.07) is 8.23. The summed E-state index contributed by atoms with van der Waals surface area (Å²) in [5, 5.41) is 7.86. The molecular formula is C42H42F3N5O21S. The number of hydrogen-bond donors (Lipinski definition) is 1. The second kappa shape index (κ2) is 26.4. The zero-order chi connectivity index (χ0) is 53.1. The van der Waals surface area contributed by atoms with Crippen molar-refractivity contribution in [3.05, 3.63) is 52.4 Å². The standard InChI is InChI=1S/C42H42F3N5O21S/c1-22-6-7-29(49(14-34(55)67-18-63-23(2)51)15-35(56)68-19-64-24(3)52)32(10-22)61-8-9-62-33-12-27-11-28(38-47-48-41(72-38)46-40(60)42(43,44)45)39(59)71-31(27)13-30(33)50(16-36(57)69-20-65-25(4)53)17-37(58)70-21-66-26(5)54/h6-7,10-13H,8-9,14-21H2,1-5H3,(H,46,48,60). The van der Waals surface area contributed by atoms with Gasteiger partial charge in [-0.1, -0.05) is 17.4 Å². The Morgan fingerprint density at radius 3 is 1.50 bits per heavy atom. The van der Waals surface area contributed by atoms with Crippen molar-refractivity contribution >= 4 is 92.5 Å². The maximum absolute atomic E-state index is 13.3. The zero-order valence-electron chi connectivity index (χ0n) is 38.4. The van der Waals surface area contributed by atoms with Crippen LogP contribution in [-0.2, 0) is 81.0 Å². The molecule has 0 bridgehead atoms. The van der Waals surface area contributed by atoms with Crippen molar-refractivity contribution in [2.75, 3.05) is 81.7 Å². The number of anilines is 3. The van der Waals surface area contributed by atoms with Crippen LogP contribution in [0.15, 0.2) is 45.6 Å². The highest BCUT2D eigenvalue weighted by atomic mass is 32.1. The van der Waals surface area contributed by atoms with Crippen molar-refractivity contribution in [1.29, 1.82) is 0 Å². The number of ether oxygens (including phenoxy) is 10. The molecule has 1 N–H and O–H groups in total. The molecule has 72 heavy (non-hydrogen) atoms. The molecule has 0 saturated heterocycles. The molecule has 26 nitrogen and oxygen atoms in total. The van der Waals surface area contributed by atoms with E-state index in [0.717, 1.165) is 38.7 Å². The summed E-state index contributed by atoms with van der Waals surface area (Å²) < 4.78 is 94.9. The summed E-state index contributed by atoms with van der Waals surface area (Å²) in [6.45, 7) is -0.830. The van der Waals surface area contributed by atoms with Crippen molar-refractivity contribution in [2.45, 2.75) is 40.8 Å². The number of carbonyl (C=O) groups excluding carboxylic acids is 9. The fraction of sp³-hybridized carbons (Fsp3) is 0.381. The van der Waals surface area contributed by atoms with Gasteiger partial charge in [0, 0.05) is 39.1 Å². The molecule has 0 saturated carbocycles. The van der Waals surface area contributed by atoms with E-state index in [2.05, 4.69) is 29.1 Å². The summed E-state index contributed by atoms with van der Waals surface area (Å²) in [5.74, 6) is -9.64. The molecule has 0 aliphatic heterocycles. The Balaban J connectivity index is 1.73. The first-order chi connectivity index (χ1) is 34.0. The molecule has 388 valence electrons. The number of carbonyl (C=O) groups is 9. The molecule has 0 aliphatic rings. The number of halogens is 3. The Morgan fingerprint density at radius 1 is 0.611 bits per heavy atom. The lowest BCUT2D eigenvalue weighted by molar-refractivity contribution is -0.167. The number of amides is 1. The first-order valence-electron chi connectivity index (χ1n) is 20.3. The van der Waals surface area contributed by atoms with Crippen molar-refractivity contribution in [1.82, 2.24) is 10.2 Å². The summed E-state index contributed by atoms with van der Waals surface area (Å²) in [5.41, 5.74) is -1.09. The van der Waals surface area contributed by atoms with Crippen LogP contribution < -0.4 is 30.2 Å². The third kappa shape index (κ3) is 18.4. The number of rotatable bonds is 25. The van der Waals surface area contributed by atoms with Gasteiger partial charge in [-0.15, -0.1) is 10.2 Å². The lowest BCUT2D eigenvalue weighted by Crippen LogP contribution is -2.37. The van der Waals surface area contributed by atoms with Crippen molar-refractivity contribution in [3.8, 4) is 22.1 Å². The van der Waals surface area contributed by atoms with Crippen molar-refractivity contribution in [2.24, 2.45) is 0 Å². The summed E-state index contributed by atoms with van der Waals surface area (Å²) in [7, 11) is 0. The van der Waals surface area contributed by atoms with Crippen LogP contribution in [0.2, 0.25) is 0 Å². The van der Waals surface area contributed by atoms with Crippen molar-refractivity contribution < 1.29 is 108 Å². The van der Waals surface area contributed by atoms with Gasteiger partial charge in [0.05, 0.1) is 16.9 Å². The van der Waals surface area contributed by atoms with Crippen LogP contribution in [-0.4, -0.2) is 137 Å². The number of fused-ring (bicyclic) bond motifs is 1. The number of alkyl halides is 3. The minimum atomic E-state index is -5.27. The van der Waals surface area contributed by atoms with Gasteiger partial charge in [0.1, 0.15) is 56.5 Å². The molecule has 0 spiro atoms. The van der Waals surface area contributed by atoms with E-state index in [1.165, 1.54) is 34.5 Å². The molecule has 30 heteroatoms. The average Bonchev–Trinajstić information content (AvgIpc) is 3.74. The van der Waals surface area contributed by atoms with Crippen LogP contribution in [0.5, 0.6) is 11.5 Å². The SMILES string of the molecule is CC(=O)OCOC(=O)CN(CC(=O)OCOC(C)=O)c1ccc(C)cc1OCCOc1cc2cc(-c3nnc(NC(=O)C(F)(F)F)s3)c(=O)oc2cc1N(CC(=O)OCOC(C)=O)CC(=O)OCOC(C)=O. The Bertz CT molecular complexity index is 2660. The van der Waals surface area contributed by atoms with E-state index in [4.69, 9.17) is 32.8 Å². The molecule has 0 radical (unpaired) electrons. The molecule has 0 atom stereocenters. The molecule has 0 unspecified atom stereocenters. The fourth-order valence-corrected chi connectivity index (χ4v) is 6.21. The number of aryl methyl sites for hydroxylation is 1. The van der Waals surface area contributed by atoms with E-state index >= 15 is 0 Å². The van der Waals surface area contributed by atoms with Gasteiger partial charge in [-0.25, -0.2) is 4.79 Å². The van der Waals surface area contributed by atoms with E-state index < -0.39 is 131 Å². The second-order valence-corrected chi connectivity index (χ2v) is 15.1. The normalized spacial score (nSPS) is 10.8. The molecular weight excluding hydrogens is 1000 g/mol. The Morgan fingerprint density at radius 2 is 1.06 bits per heavy atom.